The van der Waals surface area contributed by atoms with E-state index in [9.17, 15) is 9.50 Å². The lowest BCUT2D eigenvalue weighted by molar-refractivity contribution is 0.432. The van der Waals surface area contributed by atoms with Gasteiger partial charge >= 0.3 is 0 Å². The van der Waals surface area contributed by atoms with Crippen LogP contribution in [0.4, 0.5) is 4.39 Å². The second kappa shape index (κ2) is 4.65. The van der Waals surface area contributed by atoms with E-state index in [1.165, 1.54) is 12.1 Å². The van der Waals surface area contributed by atoms with Crippen LogP contribution in [0.15, 0.2) is 53.6 Å². The standard InChI is InChI=1S/C13H11FN2O/c14-12-10(7-4-8-11(12)17)13(16-15)9-5-2-1-3-6-9/h1-8,17H,15H2. The number of hydrogen-bond acceptors (Lipinski definition) is 3. The van der Waals surface area contributed by atoms with E-state index >= 15 is 0 Å². The second-order valence-corrected chi connectivity index (χ2v) is 3.48. The molecule has 0 bridgehead atoms. The Morgan fingerprint density at radius 3 is 2.41 bits per heavy atom. The molecule has 0 aliphatic carbocycles. The summed E-state index contributed by atoms with van der Waals surface area (Å²) >= 11 is 0. The summed E-state index contributed by atoms with van der Waals surface area (Å²) in [5.41, 5.74) is 1.18. The number of hydrazone groups is 1. The molecule has 17 heavy (non-hydrogen) atoms. The zero-order valence-corrected chi connectivity index (χ0v) is 8.97. The fourth-order valence-electron chi connectivity index (χ4n) is 1.60. The summed E-state index contributed by atoms with van der Waals surface area (Å²) < 4.78 is 13.7. The number of halogens is 1. The molecule has 0 atom stereocenters. The van der Waals surface area contributed by atoms with Crippen LogP contribution in [0, 0.1) is 5.82 Å². The molecule has 0 heterocycles. The van der Waals surface area contributed by atoms with Crippen LogP contribution in [0.5, 0.6) is 5.75 Å². The molecule has 3 nitrogen and oxygen atoms in total. The number of benzene rings is 2. The molecule has 0 aliphatic rings. The Balaban J connectivity index is 2.55. The molecule has 0 aromatic heterocycles. The van der Waals surface area contributed by atoms with E-state index in [0.29, 0.717) is 11.3 Å². The third-order valence-corrected chi connectivity index (χ3v) is 2.41. The summed E-state index contributed by atoms with van der Waals surface area (Å²) in [6.45, 7) is 0. The summed E-state index contributed by atoms with van der Waals surface area (Å²) in [4.78, 5) is 0. The number of nitrogens with zero attached hydrogens (tertiary/aromatic N) is 1. The van der Waals surface area contributed by atoms with E-state index in [4.69, 9.17) is 5.84 Å². The molecule has 4 heteroatoms. The van der Waals surface area contributed by atoms with Crippen molar-refractivity contribution in [2.75, 3.05) is 0 Å². The van der Waals surface area contributed by atoms with Gasteiger partial charge in [0.15, 0.2) is 11.6 Å². The lowest BCUT2D eigenvalue weighted by Crippen LogP contribution is -2.08. The molecule has 2 aromatic rings. The minimum absolute atomic E-state index is 0.179. The first-order valence-corrected chi connectivity index (χ1v) is 5.05. The Kier molecular flexibility index (Phi) is 3.05. The molecule has 0 fully saturated rings. The average Bonchev–Trinajstić information content (AvgIpc) is 2.37. The van der Waals surface area contributed by atoms with Crippen molar-refractivity contribution in [3.8, 4) is 5.75 Å². The van der Waals surface area contributed by atoms with Crippen LogP contribution in [0.2, 0.25) is 0 Å². The SMILES string of the molecule is NN=C(c1ccccc1)c1cccc(O)c1F. The maximum Gasteiger partial charge on any atom is 0.174 e. The van der Waals surface area contributed by atoms with Crippen LogP contribution < -0.4 is 5.84 Å². The molecule has 0 radical (unpaired) electrons. The van der Waals surface area contributed by atoms with Crippen molar-refractivity contribution in [3.05, 3.63) is 65.5 Å². The van der Waals surface area contributed by atoms with Gasteiger partial charge in [0.25, 0.3) is 0 Å². The van der Waals surface area contributed by atoms with Crippen LogP contribution in [0.25, 0.3) is 0 Å². The molecule has 0 unspecified atom stereocenters. The Hall–Kier alpha value is -2.36. The topological polar surface area (TPSA) is 58.6 Å². The number of nitrogens with two attached hydrogens (primary N) is 1. The van der Waals surface area contributed by atoms with Gasteiger partial charge in [-0.1, -0.05) is 36.4 Å². The summed E-state index contributed by atoms with van der Waals surface area (Å²) in [6, 6.07) is 13.3. The van der Waals surface area contributed by atoms with Gasteiger partial charge in [0.1, 0.15) is 5.71 Å². The number of aromatic hydroxyl groups is 1. The first kappa shape index (κ1) is 11.1. The van der Waals surface area contributed by atoms with Crippen LogP contribution in [-0.4, -0.2) is 10.8 Å². The minimum Gasteiger partial charge on any atom is -0.505 e. The molecule has 2 rings (SSSR count). The zero-order valence-electron chi connectivity index (χ0n) is 8.97. The minimum atomic E-state index is -0.722. The number of phenols is 1. The molecular weight excluding hydrogens is 219 g/mol. The molecule has 86 valence electrons. The molecule has 0 saturated carbocycles. The van der Waals surface area contributed by atoms with E-state index in [0.717, 1.165) is 0 Å². The highest BCUT2D eigenvalue weighted by atomic mass is 19.1. The Bertz CT molecular complexity index is 553. The van der Waals surface area contributed by atoms with Crippen molar-refractivity contribution in [2.24, 2.45) is 10.9 Å². The highest BCUT2D eigenvalue weighted by Crippen LogP contribution is 2.21. The van der Waals surface area contributed by atoms with Gasteiger partial charge in [-0.05, 0) is 12.1 Å². The van der Waals surface area contributed by atoms with Gasteiger partial charge in [0.2, 0.25) is 0 Å². The van der Waals surface area contributed by atoms with Gasteiger partial charge in [0.05, 0.1) is 0 Å². The summed E-state index contributed by atoms with van der Waals surface area (Å²) in [6.07, 6.45) is 0. The number of hydrogen-bond donors (Lipinski definition) is 2. The number of phenolic OH excluding ortho intramolecular Hbond substituents is 1. The largest absolute Gasteiger partial charge is 0.505 e. The van der Waals surface area contributed by atoms with E-state index in [1.54, 1.807) is 30.3 Å². The lowest BCUT2D eigenvalue weighted by atomic mass is 10.0. The van der Waals surface area contributed by atoms with E-state index in [1.807, 2.05) is 6.07 Å². The van der Waals surface area contributed by atoms with Crippen molar-refractivity contribution < 1.29 is 9.50 Å². The third-order valence-electron chi connectivity index (χ3n) is 2.41. The summed E-state index contributed by atoms with van der Waals surface area (Å²) in [5, 5.41) is 12.9. The van der Waals surface area contributed by atoms with Gasteiger partial charge in [-0.15, -0.1) is 0 Å². The summed E-state index contributed by atoms with van der Waals surface area (Å²) in [5.74, 6) is 4.16. The number of rotatable bonds is 2. The Morgan fingerprint density at radius 1 is 1.06 bits per heavy atom. The second-order valence-electron chi connectivity index (χ2n) is 3.48. The van der Waals surface area contributed by atoms with Crippen molar-refractivity contribution in [1.29, 1.82) is 0 Å². The smallest absolute Gasteiger partial charge is 0.174 e. The average molecular weight is 230 g/mol. The lowest BCUT2D eigenvalue weighted by Gasteiger charge is -2.07. The van der Waals surface area contributed by atoms with Crippen molar-refractivity contribution >= 4 is 5.71 Å². The molecule has 0 aliphatic heterocycles. The summed E-state index contributed by atoms with van der Waals surface area (Å²) in [7, 11) is 0. The molecule has 3 N–H and O–H groups in total. The van der Waals surface area contributed by atoms with Gasteiger partial charge < -0.3 is 10.9 Å². The first-order chi connectivity index (χ1) is 8.24. The molecule has 0 saturated heterocycles. The monoisotopic (exact) mass is 230 g/mol. The van der Waals surface area contributed by atoms with Gasteiger partial charge in [-0.3, -0.25) is 0 Å². The molecule has 0 amide bonds. The van der Waals surface area contributed by atoms with E-state index < -0.39 is 11.6 Å². The van der Waals surface area contributed by atoms with Crippen LogP contribution in [-0.2, 0) is 0 Å². The first-order valence-electron chi connectivity index (χ1n) is 5.05. The highest BCUT2D eigenvalue weighted by molar-refractivity contribution is 6.13. The van der Waals surface area contributed by atoms with E-state index in [-0.39, 0.29) is 5.56 Å². The van der Waals surface area contributed by atoms with Gasteiger partial charge in [-0.25, -0.2) is 4.39 Å². The van der Waals surface area contributed by atoms with Gasteiger partial charge in [0, 0.05) is 11.1 Å². The molecule has 0 spiro atoms. The molecule has 2 aromatic carbocycles. The van der Waals surface area contributed by atoms with Crippen LogP contribution in [0.3, 0.4) is 0 Å². The van der Waals surface area contributed by atoms with Crippen LogP contribution in [0.1, 0.15) is 11.1 Å². The predicted octanol–water partition coefficient (Wildman–Crippen LogP) is 2.24. The molecular formula is C13H11FN2O. The zero-order chi connectivity index (χ0) is 12.3. The fraction of sp³-hybridized carbons (Fsp3) is 0. The maximum atomic E-state index is 13.7. The van der Waals surface area contributed by atoms with Crippen molar-refractivity contribution in [2.45, 2.75) is 0 Å². The maximum absolute atomic E-state index is 13.7. The van der Waals surface area contributed by atoms with Crippen molar-refractivity contribution in [1.82, 2.24) is 0 Å². The van der Waals surface area contributed by atoms with Crippen molar-refractivity contribution in [3.63, 3.8) is 0 Å². The predicted molar refractivity (Wildman–Crippen MR) is 64.3 cm³/mol. The van der Waals surface area contributed by atoms with Gasteiger partial charge in [-0.2, -0.15) is 5.10 Å². The highest BCUT2D eigenvalue weighted by Gasteiger charge is 2.14. The Labute approximate surface area is 98.0 Å². The van der Waals surface area contributed by atoms with E-state index in [2.05, 4.69) is 5.10 Å². The fourth-order valence-corrected chi connectivity index (χ4v) is 1.60. The normalized spacial score (nSPS) is 11.5. The third kappa shape index (κ3) is 2.10. The van der Waals surface area contributed by atoms with Crippen LogP contribution >= 0.6 is 0 Å². The quantitative estimate of drug-likeness (QED) is 0.472. The Morgan fingerprint density at radius 2 is 1.76 bits per heavy atom.